The van der Waals surface area contributed by atoms with Crippen molar-refractivity contribution in [1.82, 2.24) is 4.90 Å². The maximum absolute atomic E-state index is 13.0. The molecule has 1 aromatic carbocycles. The van der Waals surface area contributed by atoms with Crippen LogP contribution >= 0.6 is 0 Å². The lowest BCUT2D eigenvalue weighted by Gasteiger charge is -2.26. The van der Waals surface area contributed by atoms with Gasteiger partial charge in [0.2, 0.25) is 5.78 Å². The Balaban J connectivity index is 1.98. The van der Waals surface area contributed by atoms with E-state index in [1.165, 1.54) is 12.3 Å². The molecule has 1 amide bonds. The van der Waals surface area contributed by atoms with Crippen molar-refractivity contribution >= 4 is 11.7 Å². The van der Waals surface area contributed by atoms with Crippen LogP contribution in [0.3, 0.4) is 0 Å². The van der Waals surface area contributed by atoms with Crippen molar-refractivity contribution in [2.45, 2.75) is 39.2 Å². The Morgan fingerprint density at radius 2 is 1.93 bits per heavy atom. The van der Waals surface area contributed by atoms with Gasteiger partial charge in [-0.3, -0.25) is 9.59 Å². The van der Waals surface area contributed by atoms with Gasteiger partial charge in [0.05, 0.1) is 24.5 Å². The van der Waals surface area contributed by atoms with Gasteiger partial charge in [0.15, 0.2) is 11.5 Å². The van der Waals surface area contributed by atoms with Gasteiger partial charge in [-0.05, 0) is 42.7 Å². The Labute approximate surface area is 164 Å². The number of aliphatic hydroxyl groups is 1. The summed E-state index contributed by atoms with van der Waals surface area (Å²) < 4.78 is 10.8. The lowest BCUT2D eigenvalue weighted by molar-refractivity contribution is -0.129. The van der Waals surface area contributed by atoms with E-state index in [2.05, 4.69) is 0 Å². The molecule has 1 aromatic heterocycles. The number of nitrogens with zero attached hydrogens (tertiary/aromatic N) is 1. The second-order valence-corrected chi connectivity index (χ2v) is 6.74. The quantitative estimate of drug-likeness (QED) is 0.647. The van der Waals surface area contributed by atoms with Crippen molar-refractivity contribution < 1.29 is 23.8 Å². The van der Waals surface area contributed by atoms with Gasteiger partial charge >= 0.3 is 0 Å². The second-order valence-electron chi connectivity index (χ2n) is 6.74. The third kappa shape index (κ3) is 3.81. The molecule has 0 spiro atoms. The maximum Gasteiger partial charge on any atom is 0.290 e. The molecule has 1 unspecified atom stereocenters. The summed E-state index contributed by atoms with van der Waals surface area (Å²) in [4.78, 5) is 27.2. The molecular weight excluding hydrogens is 358 g/mol. The van der Waals surface area contributed by atoms with Crippen LogP contribution in [0.1, 0.15) is 55.3 Å². The summed E-state index contributed by atoms with van der Waals surface area (Å²) in [6, 6.07) is 9.77. The monoisotopic (exact) mass is 383 g/mol. The van der Waals surface area contributed by atoms with Crippen molar-refractivity contribution in [3.8, 4) is 5.75 Å². The summed E-state index contributed by atoms with van der Waals surface area (Å²) in [5.41, 5.74) is 0.797. The number of amides is 1. The van der Waals surface area contributed by atoms with Crippen LogP contribution < -0.4 is 4.74 Å². The number of rotatable bonds is 9. The molecule has 1 aliphatic rings. The van der Waals surface area contributed by atoms with Gasteiger partial charge in [-0.1, -0.05) is 32.4 Å². The van der Waals surface area contributed by atoms with Crippen LogP contribution in [0.2, 0.25) is 0 Å². The minimum Gasteiger partial charge on any atom is -0.503 e. The van der Waals surface area contributed by atoms with Gasteiger partial charge < -0.3 is 19.2 Å². The topological polar surface area (TPSA) is 80.0 Å². The zero-order chi connectivity index (χ0) is 20.1. The number of Topliss-reactive ketones (excluding diaryl/α,β-unsaturated/α-hetero) is 1. The summed E-state index contributed by atoms with van der Waals surface area (Å²) in [6.45, 7) is 5.13. The van der Waals surface area contributed by atoms with E-state index in [0.717, 1.165) is 30.6 Å². The third-order valence-electron chi connectivity index (χ3n) is 4.71. The Morgan fingerprint density at radius 1 is 1.18 bits per heavy atom. The predicted molar refractivity (Wildman–Crippen MR) is 104 cm³/mol. The number of hydrogen-bond acceptors (Lipinski definition) is 5. The molecule has 0 bridgehead atoms. The highest BCUT2D eigenvalue weighted by Crippen LogP contribution is 2.39. The first-order valence-electron chi connectivity index (χ1n) is 9.63. The zero-order valence-electron chi connectivity index (χ0n) is 16.2. The van der Waals surface area contributed by atoms with Crippen LogP contribution in [0.5, 0.6) is 5.75 Å². The second kappa shape index (κ2) is 8.78. The van der Waals surface area contributed by atoms with Crippen molar-refractivity contribution in [3.05, 3.63) is 65.3 Å². The molecule has 3 rings (SSSR count). The van der Waals surface area contributed by atoms with Crippen LogP contribution in [0.15, 0.2) is 58.4 Å². The van der Waals surface area contributed by atoms with Gasteiger partial charge in [-0.2, -0.15) is 0 Å². The smallest absolute Gasteiger partial charge is 0.290 e. The molecule has 28 heavy (non-hydrogen) atoms. The summed E-state index contributed by atoms with van der Waals surface area (Å²) in [5, 5.41) is 10.5. The molecule has 2 aromatic rings. The lowest BCUT2D eigenvalue weighted by atomic mass is 9.95. The first-order chi connectivity index (χ1) is 13.6. The molecule has 0 saturated heterocycles. The first-order valence-corrected chi connectivity index (χ1v) is 9.63. The van der Waals surface area contributed by atoms with E-state index in [9.17, 15) is 14.7 Å². The standard InChI is InChI=1S/C22H25NO5/c1-3-5-12-23-19(15-8-10-16(11-9-15)27-13-4-2)18(21(25)22(23)26)20(24)17-7-6-14-28-17/h6-11,14,19,25H,3-5,12-13H2,1-2H3. The van der Waals surface area contributed by atoms with Crippen molar-refractivity contribution in [2.24, 2.45) is 0 Å². The maximum atomic E-state index is 13.0. The fraction of sp³-hybridized carbons (Fsp3) is 0.364. The number of furan rings is 1. The van der Waals surface area contributed by atoms with E-state index in [0.29, 0.717) is 13.2 Å². The summed E-state index contributed by atoms with van der Waals surface area (Å²) >= 11 is 0. The summed E-state index contributed by atoms with van der Waals surface area (Å²) in [7, 11) is 0. The largest absolute Gasteiger partial charge is 0.503 e. The molecule has 1 N–H and O–H groups in total. The van der Waals surface area contributed by atoms with Crippen LogP contribution in [0.25, 0.3) is 0 Å². The zero-order valence-corrected chi connectivity index (χ0v) is 16.2. The fourth-order valence-electron chi connectivity index (χ4n) is 3.30. The SMILES string of the molecule is CCCCN1C(=O)C(O)=C(C(=O)c2ccco2)C1c1ccc(OCCC)cc1. The molecule has 1 atom stereocenters. The third-order valence-corrected chi connectivity index (χ3v) is 4.71. The van der Waals surface area contributed by atoms with Gasteiger partial charge in [0.1, 0.15) is 5.75 Å². The Bertz CT molecular complexity index is 852. The molecule has 0 radical (unpaired) electrons. The van der Waals surface area contributed by atoms with Gasteiger partial charge in [-0.25, -0.2) is 0 Å². The lowest BCUT2D eigenvalue weighted by Crippen LogP contribution is -2.32. The van der Waals surface area contributed by atoms with Crippen molar-refractivity contribution in [2.75, 3.05) is 13.2 Å². The molecule has 6 heteroatoms. The average Bonchev–Trinajstić information content (AvgIpc) is 3.33. The molecule has 6 nitrogen and oxygen atoms in total. The number of ether oxygens (including phenoxy) is 1. The van der Waals surface area contributed by atoms with E-state index in [1.807, 2.05) is 38.1 Å². The predicted octanol–water partition coefficient (Wildman–Crippen LogP) is 4.45. The molecule has 0 fully saturated rings. The number of aliphatic hydroxyl groups excluding tert-OH is 1. The van der Waals surface area contributed by atoms with E-state index in [1.54, 1.807) is 11.0 Å². The van der Waals surface area contributed by atoms with Crippen LogP contribution in [0.4, 0.5) is 0 Å². The molecule has 0 saturated carbocycles. The Kier molecular flexibility index (Phi) is 6.19. The van der Waals surface area contributed by atoms with E-state index >= 15 is 0 Å². The molecule has 0 aliphatic carbocycles. The number of hydrogen-bond donors (Lipinski definition) is 1. The van der Waals surface area contributed by atoms with Gasteiger partial charge in [0.25, 0.3) is 5.91 Å². The van der Waals surface area contributed by atoms with Gasteiger partial charge in [0, 0.05) is 6.54 Å². The molecule has 148 valence electrons. The first kappa shape index (κ1) is 19.7. The van der Waals surface area contributed by atoms with E-state index in [4.69, 9.17) is 9.15 Å². The van der Waals surface area contributed by atoms with Crippen molar-refractivity contribution in [1.29, 1.82) is 0 Å². The number of benzene rings is 1. The fourth-order valence-corrected chi connectivity index (χ4v) is 3.30. The molecule has 1 aliphatic heterocycles. The number of carbonyl (C=O) groups is 2. The minimum atomic E-state index is -0.656. The summed E-state index contributed by atoms with van der Waals surface area (Å²) in [5.74, 6) is -0.693. The van der Waals surface area contributed by atoms with Crippen LogP contribution in [0, 0.1) is 0 Å². The summed E-state index contributed by atoms with van der Waals surface area (Å²) in [6.07, 6.45) is 3.96. The van der Waals surface area contributed by atoms with Gasteiger partial charge in [-0.15, -0.1) is 0 Å². The number of ketones is 1. The Hall–Kier alpha value is -3.02. The highest BCUT2D eigenvalue weighted by Gasteiger charge is 2.44. The number of unbranched alkanes of at least 4 members (excludes halogenated alkanes) is 1. The molecule has 2 heterocycles. The van der Waals surface area contributed by atoms with E-state index in [-0.39, 0.29) is 11.3 Å². The van der Waals surface area contributed by atoms with Crippen molar-refractivity contribution in [3.63, 3.8) is 0 Å². The van der Waals surface area contributed by atoms with E-state index < -0.39 is 23.5 Å². The highest BCUT2D eigenvalue weighted by atomic mass is 16.5. The van der Waals surface area contributed by atoms with Crippen LogP contribution in [-0.4, -0.2) is 34.8 Å². The molecular formula is C22H25NO5. The minimum absolute atomic E-state index is 0.0540. The Morgan fingerprint density at radius 3 is 2.54 bits per heavy atom. The normalized spacial score (nSPS) is 16.7. The number of carbonyl (C=O) groups excluding carboxylic acids is 2. The average molecular weight is 383 g/mol. The highest BCUT2D eigenvalue weighted by molar-refractivity contribution is 6.15. The van der Waals surface area contributed by atoms with Crippen LogP contribution in [-0.2, 0) is 4.79 Å².